The number of halogens is 2. The molecule has 1 N–H and O–H groups in total. The van der Waals surface area contributed by atoms with E-state index in [1.165, 1.54) is 11.0 Å². The Labute approximate surface area is 324 Å². The van der Waals surface area contributed by atoms with Gasteiger partial charge in [-0.2, -0.15) is 4.99 Å². The number of nitrogens with one attached hydrogen (secondary N) is 1. The molecular weight excluding hydrogens is 725 g/mol. The first-order valence-corrected chi connectivity index (χ1v) is 18.4. The molecule has 0 radical (unpaired) electrons. The third kappa shape index (κ3) is 10.1. The molecule has 53 heavy (non-hydrogen) atoms. The first-order chi connectivity index (χ1) is 25.7. The van der Waals surface area contributed by atoms with Crippen LogP contribution in [0, 0.1) is 0 Å². The summed E-state index contributed by atoms with van der Waals surface area (Å²) in [6.07, 6.45) is 10.4. The molecule has 4 aromatic carbocycles. The number of ether oxygens (including phenoxy) is 1. The summed E-state index contributed by atoms with van der Waals surface area (Å²) in [4.78, 5) is 46.8. The van der Waals surface area contributed by atoms with Gasteiger partial charge in [-0.05, 0) is 72.0 Å². The third-order valence-electron chi connectivity index (χ3n) is 8.07. The Balaban J connectivity index is 1.40. The number of nitrogens with zero attached hydrogens (tertiary/aromatic N) is 2. The van der Waals surface area contributed by atoms with Crippen LogP contribution >= 0.6 is 35.0 Å². The maximum atomic E-state index is 14.2. The average Bonchev–Trinajstić information content (AvgIpc) is 3.16. The standard InChI is InChI=1S/C43H37Cl2N3O4S/c1-4-7-19-35(6-3)48-42(51)36(25-29-20-23-38(32(24-29)14-5-2)52-27-33-21-22-34(44)26-37(33)45)41(50)47-43(48)53-28-39(49)46-40(30-15-10-8-11-16-30)31-17-12-9-13-18-31/h4-13,15-26,40H,1-2,14,27-28H2,3H3,(H,46,49)/b19-7-,35-6+,36-25+. The quantitative estimate of drug-likeness (QED) is 0.0599. The van der Waals surface area contributed by atoms with Crippen LogP contribution in [0.3, 0.4) is 0 Å². The van der Waals surface area contributed by atoms with Gasteiger partial charge >= 0.3 is 0 Å². The number of benzene rings is 4. The van der Waals surface area contributed by atoms with Crippen molar-refractivity contribution in [3.63, 3.8) is 0 Å². The van der Waals surface area contributed by atoms with Crippen LogP contribution in [0.15, 0.2) is 157 Å². The summed E-state index contributed by atoms with van der Waals surface area (Å²) in [6, 6.07) is 29.5. The molecule has 1 aliphatic heterocycles. The lowest BCUT2D eigenvalue weighted by Crippen LogP contribution is -2.42. The Morgan fingerprint density at radius 3 is 2.26 bits per heavy atom. The smallest absolute Gasteiger partial charge is 0.285 e. The van der Waals surface area contributed by atoms with Gasteiger partial charge in [0.1, 0.15) is 17.9 Å². The normalized spacial score (nSPS) is 14.1. The van der Waals surface area contributed by atoms with Crippen molar-refractivity contribution in [2.45, 2.75) is 26.0 Å². The van der Waals surface area contributed by atoms with Gasteiger partial charge < -0.3 is 10.1 Å². The molecule has 0 atom stereocenters. The molecule has 268 valence electrons. The second kappa shape index (κ2) is 18.9. The molecule has 0 bridgehead atoms. The van der Waals surface area contributed by atoms with Gasteiger partial charge in [0.2, 0.25) is 5.91 Å². The number of rotatable bonds is 14. The van der Waals surface area contributed by atoms with E-state index < -0.39 is 17.9 Å². The molecule has 0 aliphatic carbocycles. The molecule has 5 rings (SSSR count). The van der Waals surface area contributed by atoms with Gasteiger partial charge in [-0.1, -0.05) is 139 Å². The fourth-order valence-electron chi connectivity index (χ4n) is 5.50. The molecule has 3 amide bonds. The van der Waals surface area contributed by atoms with Crippen LogP contribution in [0.5, 0.6) is 5.75 Å². The molecule has 0 unspecified atom stereocenters. The number of thioether (sulfide) groups is 1. The molecule has 0 fully saturated rings. The van der Waals surface area contributed by atoms with Gasteiger partial charge in [0, 0.05) is 21.3 Å². The Morgan fingerprint density at radius 2 is 1.64 bits per heavy atom. The van der Waals surface area contributed by atoms with Crippen LogP contribution in [0.1, 0.15) is 40.8 Å². The predicted molar refractivity (Wildman–Crippen MR) is 217 cm³/mol. The van der Waals surface area contributed by atoms with E-state index >= 15 is 0 Å². The van der Waals surface area contributed by atoms with Crippen molar-refractivity contribution in [1.82, 2.24) is 10.2 Å². The first kappa shape index (κ1) is 38.8. The van der Waals surface area contributed by atoms with Crippen LogP contribution in [0.2, 0.25) is 10.0 Å². The second-order valence-corrected chi connectivity index (χ2v) is 13.5. The van der Waals surface area contributed by atoms with Crippen molar-refractivity contribution in [2.75, 3.05) is 5.75 Å². The molecular formula is C43H37Cl2N3O4S. The number of hydrogen-bond acceptors (Lipinski definition) is 5. The molecule has 0 saturated carbocycles. The first-order valence-electron chi connectivity index (χ1n) is 16.7. The summed E-state index contributed by atoms with van der Waals surface area (Å²) >= 11 is 13.4. The fourth-order valence-corrected chi connectivity index (χ4v) is 6.77. The molecule has 1 aliphatic rings. The summed E-state index contributed by atoms with van der Waals surface area (Å²) in [5, 5.41) is 4.21. The van der Waals surface area contributed by atoms with E-state index in [1.54, 1.807) is 67.6 Å². The van der Waals surface area contributed by atoms with Crippen molar-refractivity contribution >= 4 is 63.9 Å². The van der Waals surface area contributed by atoms with Crippen LogP contribution in [0.25, 0.3) is 6.08 Å². The summed E-state index contributed by atoms with van der Waals surface area (Å²) < 4.78 is 6.10. The lowest BCUT2D eigenvalue weighted by Gasteiger charge is -2.28. The minimum absolute atomic E-state index is 0.0852. The SMILES string of the molecule is C=C/C=C\C(=C/C)N1C(=O)/C(=C/c2ccc(OCc3ccc(Cl)cc3Cl)c(CC=C)c2)C(=O)N=C1SCC(=O)NC(c1ccccc1)c1ccccc1. The van der Waals surface area contributed by atoms with Crippen LogP contribution in [-0.4, -0.2) is 33.5 Å². The van der Waals surface area contributed by atoms with Gasteiger partial charge in [0.15, 0.2) is 5.17 Å². The van der Waals surface area contributed by atoms with Gasteiger partial charge in [0.25, 0.3) is 11.8 Å². The lowest BCUT2D eigenvalue weighted by molar-refractivity contribution is -0.126. The highest BCUT2D eigenvalue weighted by Gasteiger charge is 2.35. The Morgan fingerprint density at radius 1 is 0.943 bits per heavy atom. The zero-order valence-corrected chi connectivity index (χ0v) is 31.3. The molecule has 10 heteroatoms. The number of carbonyl (C=O) groups excluding carboxylic acids is 3. The minimum Gasteiger partial charge on any atom is -0.489 e. The highest BCUT2D eigenvalue weighted by Crippen LogP contribution is 2.30. The molecule has 4 aromatic rings. The van der Waals surface area contributed by atoms with Gasteiger partial charge in [-0.15, -0.1) is 6.58 Å². The fraction of sp³-hybridized carbons (Fsp3) is 0.116. The summed E-state index contributed by atoms with van der Waals surface area (Å²) in [6.45, 7) is 9.59. The monoisotopic (exact) mass is 761 g/mol. The van der Waals surface area contributed by atoms with Gasteiger partial charge in [0.05, 0.1) is 11.8 Å². The van der Waals surface area contributed by atoms with Crippen molar-refractivity contribution in [2.24, 2.45) is 4.99 Å². The Kier molecular flexibility index (Phi) is 13.8. The summed E-state index contributed by atoms with van der Waals surface area (Å²) in [5.41, 5.74) is 4.32. The minimum atomic E-state index is -0.716. The Bertz CT molecular complexity index is 2090. The zero-order chi connectivity index (χ0) is 37.7. The van der Waals surface area contributed by atoms with E-state index in [9.17, 15) is 14.4 Å². The molecule has 7 nitrogen and oxygen atoms in total. The van der Waals surface area contributed by atoms with Crippen molar-refractivity contribution in [3.05, 3.63) is 190 Å². The third-order valence-corrected chi connectivity index (χ3v) is 9.60. The van der Waals surface area contributed by atoms with Gasteiger partial charge in [-0.3, -0.25) is 19.3 Å². The average molecular weight is 763 g/mol. The summed E-state index contributed by atoms with van der Waals surface area (Å²) in [5.74, 6) is -1.09. The van der Waals surface area contributed by atoms with Crippen LogP contribution in [0.4, 0.5) is 0 Å². The number of amidine groups is 1. The van der Waals surface area contributed by atoms with Crippen LogP contribution in [-0.2, 0) is 27.4 Å². The summed E-state index contributed by atoms with van der Waals surface area (Å²) in [7, 11) is 0. The lowest BCUT2D eigenvalue weighted by atomic mass is 9.99. The van der Waals surface area contributed by atoms with E-state index in [0.717, 1.165) is 34.0 Å². The van der Waals surface area contributed by atoms with E-state index in [-0.39, 0.29) is 29.0 Å². The van der Waals surface area contributed by atoms with E-state index in [2.05, 4.69) is 23.5 Å². The Hall–Kier alpha value is -5.41. The topological polar surface area (TPSA) is 88.1 Å². The van der Waals surface area contributed by atoms with E-state index in [4.69, 9.17) is 27.9 Å². The molecule has 0 saturated heterocycles. The number of carbonyl (C=O) groups is 3. The van der Waals surface area contributed by atoms with Crippen molar-refractivity contribution in [3.8, 4) is 5.75 Å². The second-order valence-electron chi connectivity index (χ2n) is 11.7. The molecule has 1 heterocycles. The molecule has 0 spiro atoms. The zero-order valence-electron chi connectivity index (χ0n) is 29.0. The molecule has 0 aromatic heterocycles. The maximum Gasteiger partial charge on any atom is 0.285 e. The number of amides is 3. The maximum absolute atomic E-state index is 14.2. The van der Waals surface area contributed by atoms with Crippen LogP contribution < -0.4 is 10.1 Å². The van der Waals surface area contributed by atoms with Gasteiger partial charge in [-0.25, -0.2) is 0 Å². The highest BCUT2D eigenvalue weighted by atomic mass is 35.5. The number of hydrogen-bond donors (Lipinski definition) is 1. The largest absolute Gasteiger partial charge is 0.489 e. The number of aliphatic imine (C=N–C) groups is 1. The van der Waals surface area contributed by atoms with Crippen molar-refractivity contribution in [1.29, 1.82) is 0 Å². The highest BCUT2D eigenvalue weighted by molar-refractivity contribution is 8.14. The number of allylic oxidation sites excluding steroid dienone is 5. The van der Waals surface area contributed by atoms with Crippen molar-refractivity contribution < 1.29 is 19.1 Å². The van der Waals surface area contributed by atoms with E-state index in [0.29, 0.717) is 33.5 Å². The predicted octanol–water partition coefficient (Wildman–Crippen LogP) is 9.69. The van der Waals surface area contributed by atoms with E-state index in [1.807, 2.05) is 66.7 Å².